The van der Waals surface area contributed by atoms with Crippen LogP contribution in [0.3, 0.4) is 0 Å². The number of rotatable bonds is 2. The summed E-state index contributed by atoms with van der Waals surface area (Å²) < 4.78 is 14.3. The minimum atomic E-state index is -0.422. The molecule has 3 amide bonds. The first kappa shape index (κ1) is 16.6. The summed E-state index contributed by atoms with van der Waals surface area (Å²) in [6, 6.07) is 11.0. The lowest BCUT2D eigenvalue weighted by molar-refractivity contribution is -0.116. The SMILES string of the molecule is CNC(=O)Nc1ccc2c(c1)C(c1ccccc1F)=NCC(=O)N2C. The maximum Gasteiger partial charge on any atom is 0.318 e. The Balaban J connectivity index is 2.16. The van der Waals surface area contributed by atoms with Crippen molar-refractivity contribution in [1.29, 1.82) is 0 Å². The highest BCUT2D eigenvalue weighted by Gasteiger charge is 2.24. The van der Waals surface area contributed by atoms with Crippen molar-refractivity contribution in [3.05, 3.63) is 59.4 Å². The predicted molar refractivity (Wildman–Crippen MR) is 94.8 cm³/mol. The van der Waals surface area contributed by atoms with Crippen LogP contribution >= 0.6 is 0 Å². The number of fused-ring (bicyclic) bond motifs is 1. The highest BCUT2D eigenvalue weighted by molar-refractivity contribution is 6.20. The van der Waals surface area contributed by atoms with Crippen molar-refractivity contribution >= 4 is 29.0 Å². The number of anilines is 2. The Bertz CT molecular complexity index is 879. The summed E-state index contributed by atoms with van der Waals surface area (Å²) >= 11 is 0. The first-order chi connectivity index (χ1) is 12.0. The van der Waals surface area contributed by atoms with Crippen molar-refractivity contribution < 1.29 is 14.0 Å². The summed E-state index contributed by atoms with van der Waals surface area (Å²) in [6.45, 7) is -0.0763. The van der Waals surface area contributed by atoms with E-state index in [1.807, 2.05) is 0 Å². The molecule has 1 aliphatic heterocycles. The van der Waals surface area contributed by atoms with Crippen molar-refractivity contribution in [3.63, 3.8) is 0 Å². The van der Waals surface area contributed by atoms with Crippen LogP contribution in [0.15, 0.2) is 47.5 Å². The van der Waals surface area contributed by atoms with Crippen LogP contribution in [-0.4, -0.2) is 38.3 Å². The minimum Gasteiger partial charge on any atom is -0.341 e. The number of likely N-dealkylation sites (N-methyl/N-ethyl adjacent to an activating group) is 1. The van der Waals surface area contributed by atoms with Crippen LogP contribution in [-0.2, 0) is 4.79 Å². The van der Waals surface area contributed by atoms with Gasteiger partial charge in [-0.3, -0.25) is 9.79 Å². The number of urea groups is 1. The number of nitrogens with one attached hydrogen (secondary N) is 2. The first-order valence-electron chi connectivity index (χ1n) is 7.70. The molecule has 0 fully saturated rings. The van der Waals surface area contributed by atoms with E-state index in [2.05, 4.69) is 15.6 Å². The first-order valence-corrected chi connectivity index (χ1v) is 7.70. The fourth-order valence-corrected chi connectivity index (χ4v) is 2.65. The van der Waals surface area contributed by atoms with Gasteiger partial charge in [0.25, 0.3) is 0 Å². The standard InChI is InChI=1S/C18H17FN4O2/c1-20-18(25)22-11-7-8-15-13(9-11)17(21-10-16(24)23(15)2)12-5-3-4-6-14(12)19/h3-9H,10H2,1-2H3,(H2,20,22,25). The number of hydrogen-bond acceptors (Lipinski definition) is 3. The van der Waals surface area contributed by atoms with E-state index >= 15 is 0 Å². The fourth-order valence-electron chi connectivity index (χ4n) is 2.65. The third kappa shape index (κ3) is 3.21. The number of benzene rings is 2. The number of carbonyl (C=O) groups is 2. The average Bonchev–Trinajstić information content (AvgIpc) is 2.73. The average molecular weight is 340 g/mol. The molecule has 0 aromatic heterocycles. The van der Waals surface area contributed by atoms with Gasteiger partial charge < -0.3 is 15.5 Å². The van der Waals surface area contributed by atoms with Crippen LogP contribution in [0.25, 0.3) is 0 Å². The zero-order valence-electron chi connectivity index (χ0n) is 13.8. The molecular weight excluding hydrogens is 323 g/mol. The number of benzodiazepines with no additional fused rings is 1. The van der Waals surface area contributed by atoms with E-state index in [0.717, 1.165) is 0 Å². The molecule has 2 aromatic carbocycles. The number of amides is 3. The Kier molecular flexibility index (Phi) is 4.47. The molecule has 0 unspecified atom stereocenters. The Morgan fingerprint density at radius 2 is 1.96 bits per heavy atom. The molecular formula is C18H17FN4O2. The van der Waals surface area contributed by atoms with Gasteiger partial charge in [-0.05, 0) is 30.3 Å². The van der Waals surface area contributed by atoms with E-state index < -0.39 is 5.82 Å². The molecule has 0 atom stereocenters. The summed E-state index contributed by atoms with van der Waals surface area (Å²) in [5, 5.41) is 5.14. The second kappa shape index (κ2) is 6.72. The molecule has 0 saturated carbocycles. The molecule has 2 aromatic rings. The van der Waals surface area contributed by atoms with Crippen LogP contribution in [0.1, 0.15) is 11.1 Å². The maximum absolute atomic E-state index is 14.3. The van der Waals surface area contributed by atoms with Crippen molar-refractivity contribution in [1.82, 2.24) is 5.32 Å². The molecule has 25 heavy (non-hydrogen) atoms. The molecule has 0 bridgehead atoms. The van der Waals surface area contributed by atoms with Gasteiger partial charge in [0.15, 0.2) is 0 Å². The lowest BCUT2D eigenvalue weighted by atomic mass is 9.99. The monoisotopic (exact) mass is 340 g/mol. The van der Waals surface area contributed by atoms with Gasteiger partial charge in [-0.2, -0.15) is 0 Å². The predicted octanol–water partition coefficient (Wildman–Crippen LogP) is 2.39. The molecule has 0 radical (unpaired) electrons. The van der Waals surface area contributed by atoms with Gasteiger partial charge in [0.1, 0.15) is 12.4 Å². The third-order valence-corrected chi connectivity index (χ3v) is 3.97. The van der Waals surface area contributed by atoms with Gasteiger partial charge >= 0.3 is 6.03 Å². The Labute approximate surface area is 144 Å². The summed E-state index contributed by atoms with van der Waals surface area (Å²) in [5.41, 5.74) is 2.39. The van der Waals surface area contributed by atoms with Crippen LogP contribution in [0.5, 0.6) is 0 Å². The molecule has 3 rings (SSSR count). The largest absolute Gasteiger partial charge is 0.341 e. The van der Waals surface area contributed by atoms with Crippen LogP contribution < -0.4 is 15.5 Å². The van der Waals surface area contributed by atoms with Gasteiger partial charge in [0, 0.05) is 30.9 Å². The number of nitrogens with zero attached hydrogens (tertiary/aromatic N) is 2. The van der Waals surface area contributed by atoms with Gasteiger partial charge in [0.05, 0.1) is 11.4 Å². The molecule has 6 nitrogen and oxygen atoms in total. The van der Waals surface area contributed by atoms with E-state index in [1.165, 1.54) is 18.0 Å². The molecule has 1 aliphatic rings. The molecule has 0 saturated heterocycles. The summed E-state index contributed by atoms with van der Waals surface area (Å²) in [5.74, 6) is -0.617. The Morgan fingerprint density at radius 3 is 2.68 bits per heavy atom. The van der Waals surface area contributed by atoms with E-state index in [-0.39, 0.29) is 18.5 Å². The van der Waals surface area contributed by atoms with E-state index in [9.17, 15) is 14.0 Å². The molecule has 1 heterocycles. The van der Waals surface area contributed by atoms with Crippen molar-refractivity contribution in [2.24, 2.45) is 4.99 Å². The second-order valence-electron chi connectivity index (χ2n) is 5.53. The van der Waals surface area contributed by atoms with Crippen molar-refractivity contribution in [2.45, 2.75) is 0 Å². The molecule has 2 N–H and O–H groups in total. The lowest BCUT2D eigenvalue weighted by Crippen LogP contribution is -2.28. The third-order valence-electron chi connectivity index (χ3n) is 3.97. The van der Waals surface area contributed by atoms with Gasteiger partial charge in [-0.25, -0.2) is 9.18 Å². The van der Waals surface area contributed by atoms with Crippen molar-refractivity contribution in [3.8, 4) is 0 Å². The zero-order chi connectivity index (χ0) is 18.0. The van der Waals surface area contributed by atoms with Crippen LogP contribution in [0.2, 0.25) is 0 Å². The van der Waals surface area contributed by atoms with E-state index in [1.54, 1.807) is 43.4 Å². The number of hydrogen-bond donors (Lipinski definition) is 2. The summed E-state index contributed by atoms with van der Waals surface area (Å²) in [4.78, 5) is 29.6. The molecule has 7 heteroatoms. The number of carbonyl (C=O) groups excluding carboxylic acids is 2. The Morgan fingerprint density at radius 1 is 1.20 bits per heavy atom. The maximum atomic E-state index is 14.3. The molecule has 0 spiro atoms. The quantitative estimate of drug-likeness (QED) is 0.881. The topological polar surface area (TPSA) is 73.8 Å². The molecule has 128 valence electrons. The highest BCUT2D eigenvalue weighted by atomic mass is 19.1. The highest BCUT2D eigenvalue weighted by Crippen LogP contribution is 2.29. The van der Waals surface area contributed by atoms with Gasteiger partial charge in [-0.15, -0.1) is 0 Å². The smallest absolute Gasteiger partial charge is 0.318 e. The summed E-state index contributed by atoms with van der Waals surface area (Å²) in [7, 11) is 3.16. The van der Waals surface area contributed by atoms with Crippen molar-refractivity contribution in [2.75, 3.05) is 30.9 Å². The zero-order valence-corrected chi connectivity index (χ0v) is 13.8. The lowest BCUT2D eigenvalue weighted by Gasteiger charge is -2.19. The Hall–Kier alpha value is -3.22. The van der Waals surface area contributed by atoms with E-state index in [0.29, 0.717) is 28.2 Å². The van der Waals surface area contributed by atoms with Crippen LogP contribution in [0, 0.1) is 5.82 Å². The van der Waals surface area contributed by atoms with E-state index in [4.69, 9.17) is 0 Å². The second-order valence-corrected chi connectivity index (χ2v) is 5.53. The van der Waals surface area contributed by atoms with Gasteiger partial charge in [-0.1, -0.05) is 12.1 Å². The minimum absolute atomic E-state index is 0.0763. The summed E-state index contributed by atoms with van der Waals surface area (Å²) in [6.07, 6.45) is 0. The molecule has 0 aliphatic carbocycles. The van der Waals surface area contributed by atoms with Gasteiger partial charge in [0.2, 0.25) is 5.91 Å². The fraction of sp³-hybridized carbons (Fsp3) is 0.167. The van der Waals surface area contributed by atoms with Crippen LogP contribution in [0.4, 0.5) is 20.6 Å². The number of halogens is 1. The number of aliphatic imine (C=N–C) groups is 1. The normalized spacial score (nSPS) is 13.6.